The predicted molar refractivity (Wildman–Crippen MR) is 120 cm³/mol. The molecule has 0 spiro atoms. The summed E-state index contributed by atoms with van der Waals surface area (Å²) in [4.78, 5) is 28.3. The molecule has 31 heavy (non-hydrogen) atoms. The maximum absolute atomic E-state index is 12.9. The van der Waals surface area contributed by atoms with Crippen LogP contribution in [0.5, 0.6) is 11.5 Å². The van der Waals surface area contributed by atoms with Crippen LogP contribution in [-0.4, -0.2) is 66.3 Å². The highest BCUT2D eigenvalue weighted by molar-refractivity contribution is 8.00. The molecule has 2 aromatic rings. The van der Waals surface area contributed by atoms with Gasteiger partial charge in [-0.3, -0.25) is 19.8 Å². The molecule has 3 rings (SSSR count). The minimum absolute atomic E-state index is 0.0483. The Hall–Kier alpha value is -2.78. The highest BCUT2D eigenvalue weighted by Crippen LogP contribution is 2.28. The SMILES string of the molecule is COc1ccc(OC)c(CN2CCN(C(=O)C(C)Sc3ccc([N+](=O)[O-])cc3)CC2)c1. The minimum Gasteiger partial charge on any atom is -0.497 e. The molecule has 0 radical (unpaired) electrons. The quantitative estimate of drug-likeness (QED) is 0.350. The molecule has 0 aliphatic carbocycles. The molecule has 0 aromatic heterocycles. The fourth-order valence-corrected chi connectivity index (χ4v) is 4.48. The zero-order valence-electron chi connectivity index (χ0n) is 17.9. The number of benzene rings is 2. The van der Waals surface area contributed by atoms with Crippen LogP contribution in [0.2, 0.25) is 0 Å². The van der Waals surface area contributed by atoms with E-state index in [0.29, 0.717) is 13.1 Å². The van der Waals surface area contributed by atoms with E-state index < -0.39 is 4.92 Å². The second-order valence-corrected chi connectivity index (χ2v) is 8.70. The normalized spacial score (nSPS) is 15.4. The summed E-state index contributed by atoms with van der Waals surface area (Å²) in [6.45, 7) is 5.49. The van der Waals surface area contributed by atoms with Crippen LogP contribution in [0.25, 0.3) is 0 Å². The summed E-state index contributed by atoms with van der Waals surface area (Å²) >= 11 is 1.42. The molecule has 1 amide bonds. The third-order valence-electron chi connectivity index (χ3n) is 5.27. The average molecular weight is 446 g/mol. The summed E-state index contributed by atoms with van der Waals surface area (Å²) in [5.41, 5.74) is 1.11. The Labute approximate surface area is 186 Å². The summed E-state index contributed by atoms with van der Waals surface area (Å²) in [6.07, 6.45) is 0. The number of methoxy groups -OCH3 is 2. The van der Waals surface area contributed by atoms with Crippen molar-refractivity contribution in [2.45, 2.75) is 23.6 Å². The van der Waals surface area contributed by atoms with Crippen LogP contribution in [0, 0.1) is 10.1 Å². The number of rotatable bonds is 8. The molecule has 166 valence electrons. The fourth-order valence-electron chi connectivity index (χ4n) is 3.53. The Morgan fingerprint density at radius 2 is 1.77 bits per heavy atom. The van der Waals surface area contributed by atoms with Gasteiger partial charge >= 0.3 is 0 Å². The third-order valence-corrected chi connectivity index (χ3v) is 6.37. The number of ether oxygens (including phenoxy) is 2. The molecule has 8 nitrogen and oxygen atoms in total. The number of nitrogens with zero attached hydrogens (tertiary/aromatic N) is 3. The Kier molecular flexibility index (Phi) is 7.75. The van der Waals surface area contributed by atoms with E-state index in [4.69, 9.17) is 9.47 Å². The number of nitro groups is 1. The van der Waals surface area contributed by atoms with E-state index in [9.17, 15) is 14.9 Å². The zero-order chi connectivity index (χ0) is 22.4. The molecular formula is C22H27N3O5S. The lowest BCUT2D eigenvalue weighted by Gasteiger charge is -2.36. The number of nitro benzene ring substituents is 1. The zero-order valence-corrected chi connectivity index (χ0v) is 18.8. The molecular weight excluding hydrogens is 418 g/mol. The molecule has 0 N–H and O–H groups in total. The second kappa shape index (κ2) is 10.5. The topological polar surface area (TPSA) is 85.2 Å². The number of hydrogen-bond donors (Lipinski definition) is 0. The lowest BCUT2D eigenvalue weighted by Crippen LogP contribution is -2.50. The van der Waals surface area contributed by atoms with Crippen molar-refractivity contribution in [1.29, 1.82) is 0 Å². The molecule has 1 aliphatic heterocycles. The molecule has 1 unspecified atom stereocenters. The summed E-state index contributed by atoms with van der Waals surface area (Å²) in [5, 5.41) is 10.5. The smallest absolute Gasteiger partial charge is 0.269 e. The van der Waals surface area contributed by atoms with Gasteiger partial charge in [-0.15, -0.1) is 11.8 Å². The first-order chi connectivity index (χ1) is 14.9. The van der Waals surface area contributed by atoms with Crippen molar-refractivity contribution in [3.05, 3.63) is 58.1 Å². The maximum Gasteiger partial charge on any atom is 0.269 e. The largest absolute Gasteiger partial charge is 0.497 e. The number of non-ortho nitro benzene ring substituents is 1. The Balaban J connectivity index is 1.53. The monoisotopic (exact) mass is 445 g/mol. The van der Waals surface area contributed by atoms with Crippen LogP contribution >= 0.6 is 11.8 Å². The first-order valence-electron chi connectivity index (χ1n) is 10.0. The van der Waals surface area contributed by atoms with E-state index in [0.717, 1.165) is 41.6 Å². The predicted octanol–water partition coefficient (Wildman–Crippen LogP) is 3.44. The van der Waals surface area contributed by atoms with Crippen LogP contribution in [0.15, 0.2) is 47.4 Å². The molecule has 0 bridgehead atoms. The van der Waals surface area contributed by atoms with E-state index in [-0.39, 0.29) is 16.8 Å². The van der Waals surface area contributed by atoms with Gasteiger partial charge in [0.2, 0.25) is 5.91 Å². The van der Waals surface area contributed by atoms with Crippen molar-refractivity contribution in [3.8, 4) is 11.5 Å². The number of piperazine rings is 1. The van der Waals surface area contributed by atoms with E-state index in [2.05, 4.69) is 4.90 Å². The molecule has 1 atom stereocenters. The Morgan fingerprint density at radius 3 is 2.35 bits per heavy atom. The van der Waals surface area contributed by atoms with Crippen molar-refractivity contribution in [3.63, 3.8) is 0 Å². The van der Waals surface area contributed by atoms with Crippen molar-refractivity contribution >= 4 is 23.4 Å². The van der Waals surface area contributed by atoms with Gasteiger partial charge in [0, 0.05) is 55.3 Å². The number of thioether (sulfide) groups is 1. The number of carbonyl (C=O) groups is 1. The number of hydrogen-bond acceptors (Lipinski definition) is 7. The molecule has 1 aliphatic rings. The Morgan fingerprint density at radius 1 is 1.10 bits per heavy atom. The summed E-state index contributed by atoms with van der Waals surface area (Å²) in [5.74, 6) is 1.70. The van der Waals surface area contributed by atoms with Crippen molar-refractivity contribution in [2.24, 2.45) is 0 Å². The fraction of sp³-hybridized carbons (Fsp3) is 0.409. The van der Waals surface area contributed by atoms with Gasteiger partial charge in [-0.05, 0) is 37.3 Å². The molecule has 2 aromatic carbocycles. The highest BCUT2D eigenvalue weighted by Gasteiger charge is 2.26. The first-order valence-corrected chi connectivity index (χ1v) is 10.9. The van der Waals surface area contributed by atoms with Crippen LogP contribution in [-0.2, 0) is 11.3 Å². The standard InChI is InChI=1S/C22H27N3O5S/c1-16(31-20-7-4-18(5-8-20)25(27)28)22(26)24-12-10-23(11-13-24)15-17-14-19(29-2)6-9-21(17)30-3/h4-9,14,16H,10-13,15H2,1-3H3. The second-order valence-electron chi connectivity index (χ2n) is 7.29. The van der Waals surface area contributed by atoms with Crippen molar-refractivity contribution < 1.29 is 19.2 Å². The highest BCUT2D eigenvalue weighted by atomic mass is 32.2. The molecule has 1 heterocycles. The van der Waals surface area contributed by atoms with E-state index in [1.165, 1.54) is 23.9 Å². The number of carbonyl (C=O) groups excluding carboxylic acids is 1. The van der Waals surface area contributed by atoms with Gasteiger partial charge < -0.3 is 14.4 Å². The summed E-state index contributed by atoms with van der Waals surface area (Å²) in [7, 11) is 3.30. The number of amides is 1. The van der Waals surface area contributed by atoms with Crippen molar-refractivity contribution in [2.75, 3.05) is 40.4 Å². The Bertz CT molecular complexity index is 914. The lowest BCUT2D eigenvalue weighted by atomic mass is 10.1. The minimum atomic E-state index is -0.427. The van der Waals surface area contributed by atoms with Crippen LogP contribution < -0.4 is 9.47 Å². The molecule has 1 fully saturated rings. The maximum atomic E-state index is 12.9. The van der Waals surface area contributed by atoms with Gasteiger partial charge in [-0.25, -0.2) is 0 Å². The summed E-state index contributed by atoms with van der Waals surface area (Å²) < 4.78 is 10.8. The van der Waals surface area contributed by atoms with Crippen LogP contribution in [0.4, 0.5) is 5.69 Å². The van der Waals surface area contributed by atoms with Gasteiger partial charge in [0.05, 0.1) is 24.4 Å². The average Bonchev–Trinajstić information content (AvgIpc) is 2.79. The molecule has 0 saturated carbocycles. The first kappa shape index (κ1) is 22.9. The van der Waals surface area contributed by atoms with E-state index in [1.807, 2.05) is 30.0 Å². The van der Waals surface area contributed by atoms with Gasteiger partial charge in [-0.1, -0.05) is 0 Å². The van der Waals surface area contributed by atoms with E-state index >= 15 is 0 Å². The van der Waals surface area contributed by atoms with E-state index in [1.54, 1.807) is 26.4 Å². The lowest BCUT2D eigenvalue weighted by molar-refractivity contribution is -0.384. The van der Waals surface area contributed by atoms with Crippen LogP contribution in [0.3, 0.4) is 0 Å². The molecule has 9 heteroatoms. The van der Waals surface area contributed by atoms with Gasteiger partial charge in [0.1, 0.15) is 11.5 Å². The summed E-state index contributed by atoms with van der Waals surface area (Å²) in [6, 6.07) is 12.1. The van der Waals surface area contributed by atoms with Gasteiger partial charge in [0.15, 0.2) is 0 Å². The third kappa shape index (κ3) is 5.89. The van der Waals surface area contributed by atoms with Crippen LogP contribution in [0.1, 0.15) is 12.5 Å². The van der Waals surface area contributed by atoms with Gasteiger partial charge in [-0.2, -0.15) is 0 Å². The molecule has 1 saturated heterocycles. The van der Waals surface area contributed by atoms with Crippen molar-refractivity contribution in [1.82, 2.24) is 9.80 Å². The van der Waals surface area contributed by atoms with Gasteiger partial charge in [0.25, 0.3) is 5.69 Å².